The summed E-state index contributed by atoms with van der Waals surface area (Å²) < 4.78 is 0. The average molecular weight is 267 g/mol. The SMILES string of the molecule is CSCC(C)NC(=O)CC1CCNCC1.Cl. The first kappa shape index (κ1) is 16.1. The molecule has 1 saturated heterocycles. The zero-order valence-electron chi connectivity index (χ0n) is 10.1. The molecule has 1 aliphatic heterocycles. The predicted octanol–water partition coefficient (Wildman–Crippen LogP) is 1.67. The maximum atomic E-state index is 11.7. The van der Waals surface area contributed by atoms with Gasteiger partial charge in [-0.2, -0.15) is 11.8 Å². The normalized spacial score (nSPS) is 18.6. The summed E-state index contributed by atoms with van der Waals surface area (Å²) in [6.07, 6.45) is 5.06. The zero-order chi connectivity index (χ0) is 11.1. The van der Waals surface area contributed by atoms with Crippen LogP contribution >= 0.6 is 24.2 Å². The minimum atomic E-state index is 0. The highest BCUT2D eigenvalue weighted by molar-refractivity contribution is 7.98. The standard InChI is InChI=1S/C11H22N2OS.ClH/c1-9(8-15-2)13-11(14)7-10-3-5-12-6-4-10;/h9-10,12H,3-8H2,1-2H3,(H,13,14);1H. The van der Waals surface area contributed by atoms with E-state index in [1.807, 2.05) is 0 Å². The van der Waals surface area contributed by atoms with Crippen LogP contribution in [-0.4, -0.2) is 37.0 Å². The third kappa shape index (κ3) is 6.61. The molecule has 0 radical (unpaired) electrons. The molecule has 1 aliphatic rings. The molecular formula is C11H23ClN2OS. The Morgan fingerprint density at radius 1 is 1.50 bits per heavy atom. The van der Waals surface area contributed by atoms with Crippen molar-refractivity contribution in [2.45, 2.75) is 32.2 Å². The quantitative estimate of drug-likeness (QED) is 0.795. The van der Waals surface area contributed by atoms with Gasteiger partial charge in [0.15, 0.2) is 0 Å². The molecule has 1 unspecified atom stereocenters. The molecule has 5 heteroatoms. The third-order valence-electron chi connectivity index (χ3n) is 2.76. The number of carbonyl (C=O) groups is 1. The molecule has 1 rings (SSSR count). The number of halogens is 1. The molecule has 1 amide bonds. The summed E-state index contributed by atoms with van der Waals surface area (Å²) in [5.41, 5.74) is 0. The van der Waals surface area contributed by atoms with E-state index >= 15 is 0 Å². The van der Waals surface area contributed by atoms with Crippen molar-refractivity contribution in [2.75, 3.05) is 25.1 Å². The monoisotopic (exact) mass is 266 g/mol. The zero-order valence-corrected chi connectivity index (χ0v) is 11.8. The van der Waals surface area contributed by atoms with Crippen LogP contribution < -0.4 is 10.6 Å². The lowest BCUT2D eigenvalue weighted by Crippen LogP contribution is -2.37. The Hall–Kier alpha value is 0.0700. The van der Waals surface area contributed by atoms with Crippen LogP contribution in [0.25, 0.3) is 0 Å². The van der Waals surface area contributed by atoms with Gasteiger partial charge in [-0.1, -0.05) is 0 Å². The largest absolute Gasteiger partial charge is 0.353 e. The summed E-state index contributed by atoms with van der Waals surface area (Å²) in [5.74, 6) is 1.81. The van der Waals surface area contributed by atoms with E-state index in [1.165, 1.54) is 0 Å². The number of nitrogens with one attached hydrogen (secondary N) is 2. The van der Waals surface area contributed by atoms with Crippen molar-refractivity contribution < 1.29 is 4.79 Å². The van der Waals surface area contributed by atoms with E-state index in [-0.39, 0.29) is 18.3 Å². The molecule has 0 aromatic carbocycles. The fourth-order valence-corrected chi connectivity index (χ4v) is 2.56. The van der Waals surface area contributed by atoms with Gasteiger partial charge in [-0.25, -0.2) is 0 Å². The van der Waals surface area contributed by atoms with Crippen molar-refractivity contribution in [1.29, 1.82) is 0 Å². The van der Waals surface area contributed by atoms with E-state index in [0.717, 1.165) is 31.7 Å². The fraction of sp³-hybridized carbons (Fsp3) is 0.909. The number of thioether (sulfide) groups is 1. The lowest BCUT2D eigenvalue weighted by atomic mass is 9.94. The minimum absolute atomic E-state index is 0. The molecule has 3 nitrogen and oxygen atoms in total. The van der Waals surface area contributed by atoms with Gasteiger partial charge in [-0.3, -0.25) is 4.79 Å². The molecule has 0 aromatic rings. The van der Waals surface area contributed by atoms with E-state index in [2.05, 4.69) is 23.8 Å². The summed E-state index contributed by atoms with van der Waals surface area (Å²) in [5, 5.41) is 6.36. The Labute approximate surface area is 109 Å². The van der Waals surface area contributed by atoms with Crippen LogP contribution in [0.15, 0.2) is 0 Å². The summed E-state index contributed by atoms with van der Waals surface area (Å²) in [4.78, 5) is 11.7. The lowest BCUT2D eigenvalue weighted by molar-refractivity contribution is -0.122. The molecule has 1 heterocycles. The van der Waals surface area contributed by atoms with Crippen LogP contribution in [0.5, 0.6) is 0 Å². The Bertz CT molecular complexity index is 198. The number of hydrogen-bond donors (Lipinski definition) is 2. The molecule has 96 valence electrons. The smallest absolute Gasteiger partial charge is 0.220 e. The van der Waals surface area contributed by atoms with E-state index in [0.29, 0.717) is 18.4 Å². The van der Waals surface area contributed by atoms with Gasteiger partial charge in [0.05, 0.1) is 0 Å². The predicted molar refractivity (Wildman–Crippen MR) is 73.4 cm³/mol. The molecule has 1 fully saturated rings. The van der Waals surface area contributed by atoms with Gasteiger partial charge in [-0.05, 0) is 45.0 Å². The summed E-state index contributed by atoms with van der Waals surface area (Å²) >= 11 is 1.77. The molecule has 0 spiro atoms. The minimum Gasteiger partial charge on any atom is -0.353 e. The van der Waals surface area contributed by atoms with Crippen LogP contribution in [0.4, 0.5) is 0 Å². The van der Waals surface area contributed by atoms with Gasteiger partial charge >= 0.3 is 0 Å². The Morgan fingerprint density at radius 3 is 2.69 bits per heavy atom. The van der Waals surface area contributed by atoms with Gasteiger partial charge in [-0.15, -0.1) is 12.4 Å². The Morgan fingerprint density at radius 2 is 2.12 bits per heavy atom. The molecule has 0 aliphatic carbocycles. The second kappa shape index (κ2) is 9.14. The number of piperidine rings is 1. The van der Waals surface area contributed by atoms with E-state index in [1.54, 1.807) is 11.8 Å². The second-order valence-corrected chi connectivity index (χ2v) is 5.23. The lowest BCUT2D eigenvalue weighted by Gasteiger charge is -2.22. The molecule has 0 bridgehead atoms. The van der Waals surface area contributed by atoms with Crippen molar-refractivity contribution in [3.8, 4) is 0 Å². The van der Waals surface area contributed by atoms with E-state index in [9.17, 15) is 4.79 Å². The molecule has 0 aromatic heterocycles. The van der Waals surface area contributed by atoms with E-state index < -0.39 is 0 Å². The first-order valence-electron chi connectivity index (χ1n) is 5.71. The third-order valence-corrected chi connectivity index (χ3v) is 3.59. The Balaban J connectivity index is 0.00000225. The van der Waals surface area contributed by atoms with Gasteiger partial charge < -0.3 is 10.6 Å². The van der Waals surface area contributed by atoms with Crippen molar-refractivity contribution in [1.82, 2.24) is 10.6 Å². The average Bonchev–Trinajstić information content (AvgIpc) is 2.19. The number of amides is 1. The van der Waals surface area contributed by atoms with Crippen LogP contribution in [0, 0.1) is 5.92 Å². The maximum absolute atomic E-state index is 11.7. The number of carbonyl (C=O) groups excluding carboxylic acids is 1. The maximum Gasteiger partial charge on any atom is 0.220 e. The highest BCUT2D eigenvalue weighted by Crippen LogP contribution is 2.15. The molecule has 16 heavy (non-hydrogen) atoms. The summed E-state index contributed by atoms with van der Waals surface area (Å²) in [6, 6.07) is 0.300. The van der Waals surface area contributed by atoms with Crippen molar-refractivity contribution in [2.24, 2.45) is 5.92 Å². The number of hydrogen-bond acceptors (Lipinski definition) is 3. The van der Waals surface area contributed by atoms with Gasteiger partial charge in [0.25, 0.3) is 0 Å². The molecule has 1 atom stereocenters. The van der Waals surface area contributed by atoms with Crippen LogP contribution in [0.3, 0.4) is 0 Å². The summed E-state index contributed by atoms with van der Waals surface area (Å²) in [6.45, 7) is 4.20. The Kier molecular flexibility index (Phi) is 9.18. The highest BCUT2D eigenvalue weighted by atomic mass is 35.5. The fourth-order valence-electron chi connectivity index (χ4n) is 1.97. The topological polar surface area (TPSA) is 41.1 Å². The van der Waals surface area contributed by atoms with E-state index in [4.69, 9.17) is 0 Å². The van der Waals surface area contributed by atoms with Crippen LogP contribution in [0.2, 0.25) is 0 Å². The first-order chi connectivity index (χ1) is 7.22. The summed E-state index contributed by atoms with van der Waals surface area (Å²) in [7, 11) is 0. The highest BCUT2D eigenvalue weighted by Gasteiger charge is 2.17. The molecular weight excluding hydrogens is 244 g/mol. The van der Waals surface area contributed by atoms with Crippen molar-refractivity contribution >= 4 is 30.1 Å². The molecule has 0 saturated carbocycles. The van der Waals surface area contributed by atoms with Crippen molar-refractivity contribution in [3.05, 3.63) is 0 Å². The molecule has 2 N–H and O–H groups in total. The van der Waals surface area contributed by atoms with Crippen LogP contribution in [-0.2, 0) is 4.79 Å². The second-order valence-electron chi connectivity index (χ2n) is 4.32. The van der Waals surface area contributed by atoms with Crippen LogP contribution in [0.1, 0.15) is 26.2 Å². The van der Waals surface area contributed by atoms with Gasteiger partial charge in [0.1, 0.15) is 0 Å². The van der Waals surface area contributed by atoms with Crippen molar-refractivity contribution in [3.63, 3.8) is 0 Å². The number of rotatable bonds is 5. The van der Waals surface area contributed by atoms with Gasteiger partial charge in [0, 0.05) is 18.2 Å². The first-order valence-corrected chi connectivity index (χ1v) is 7.10. The van der Waals surface area contributed by atoms with Gasteiger partial charge in [0.2, 0.25) is 5.91 Å².